The van der Waals surface area contributed by atoms with Gasteiger partial charge in [0.1, 0.15) is 6.61 Å². The van der Waals surface area contributed by atoms with Crippen molar-refractivity contribution in [3.8, 4) is 0 Å². The third-order valence-corrected chi connectivity index (χ3v) is 9.69. The zero-order valence-electron chi connectivity index (χ0n) is 34.8. The molecule has 0 N–H and O–H groups in total. The van der Waals surface area contributed by atoms with Gasteiger partial charge in [0.05, 0.1) is 6.61 Å². The molecule has 0 aliphatic carbocycles. The standard InChI is InChI=1S/C47H86O5/c1-4-7-10-13-15-17-19-21-22-23-24-25-27-29-31-33-36-39-42-50-43-45(52-47(49)41-38-34-12-9-6-3)44-51-46(48)40-37-35-32-30-28-26-20-18-16-14-11-8-5-2/h8,11,16,18,26,28,45H,4-7,9-10,12-15,17,19-25,27,29-44H2,1-3H3/b11-8-,18-16-,28-26-. The van der Waals surface area contributed by atoms with Crippen LogP contribution in [0.2, 0.25) is 0 Å². The van der Waals surface area contributed by atoms with Crippen LogP contribution in [0.15, 0.2) is 36.5 Å². The second kappa shape index (κ2) is 43.5. The fraction of sp³-hybridized carbons (Fsp3) is 0.830. The monoisotopic (exact) mass is 731 g/mol. The Kier molecular flexibility index (Phi) is 42.0. The van der Waals surface area contributed by atoms with E-state index in [4.69, 9.17) is 14.2 Å². The van der Waals surface area contributed by atoms with Crippen molar-refractivity contribution in [1.29, 1.82) is 0 Å². The first-order chi connectivity index (χ1) is 25.6. The molecule has 0 saturated carbocycles. The zero-order chi connectivity index (χ0) is 37.8. The number of unbranched alkanes of at least 4 members (excludes halogenated alkanes) is 24. The van der Waals surface area contributed by atoms with Gasteiger partial charge in [-0.2, -0.15) is 0 Å². The minimum absolute atomic E-state index is 0.0734. The van der Waals surface area contributed by atoms with E-state index in [2.05, 4.69) is 57.2 Å². The van der Waals surface area contributed by atoms with E-state index in [0.717, 1.165) is 70.6 Å². The van der Waals surface area contributed by atoms with Gasteiger partial charge in [-0.25, -0.2) is 0 Å². The Hall–Kier alpha value is -1.88. The molecule has 5 nitrogen and oxygen atoms in total. The average Bonchev–Trinajstić information content (AvgIpc) is 3.14. The Morgan fingerprint density at radius 3 is 1.38 bits per heavy atom. The summed E-state index contributed by atoms with van der Waals surface area (Å²) in [6, 6.07) is 0. The summed E-state index contributed by atoms with van der Waals surface area (Å²) in [6.45, 7) is 7.63. The Morgan fingerprint density at radius 2 is 0.865 bits per heavy atom. The van der Waals surface area contributed by atoms with Gasteiger partial charge < -0.3 is 14.2 Å². The molecule has 0 amide bonds. The molecule has 0 radical (unpaired) electrons. The quantitative estimate of drug-likeness (QED) is 0.0356. The fourth-order valence-corrected chi connectivity index (χ4v) is 6.35. The Morgan fingerprint density at radius 1 is 0.442 bits per heavy atom. The fourth-order valence-electron chi connectivity index (χ4n) is 6.35. The first kappa shape index (κ1) is 50.1. The predicted molar refractivity (Wildman–Crippen MR) is 224 cm³/mol. The van der Waals surface area contributed by atoms with E-state index in [1.165, 1.54) is 122 Å². The molecule has 0 aliphatic heterocycles. The van der Waals surface area contributed by atoms with Crippen LogP contribution in [0.1, 0.15) is 226 Å². The van der Waals surface area contributed by atoms with E-state index < -0.39 is 6.10 Å². The second-order valence-electron chi connectivity index (χ2n) is 14.9. The Bertz CT molecular complexity index is 832. The summed E-state index contributed by atoms with van der Waals surface area (Å²) in [7, 11) is 0. The molecule has 0 rings (SSSR count). The van der Waals surface area contributed by atoms with Crippen molar-refractivity contribution in [3.05, 3.63) is 36.5 Å². The molecule has 0 bridgehead atoms. The van der Waals surface area contributed by atoms with Crippen molar-refractivity contribution < 1.29 is 23.8 Å². The van der Waals surface area contributed by atoms with Crippen LogP contribution in [-0.2, 0) is 23.8 Å². The zero-order valence-corrected chi connectivity index (χ0v) is 34.8. The van der Waals surface area contributed by atoms with Gasteiger partial charge in [-0.15, -0.1) is 0 Å². The molecule has 0 aromatic rings. The van der Waals surface area contributed by atoms with E-state index in [1.807, 2.05) is 0 Å². The summed E-state index contributed by atoms with van der Waals surface area (Å²) < 4.78 is 17.2. The molecule has 0 fully saturated rings. The highest BCUT2D eigenvalue weighted by atomic mass is 16.6. The van der Waals surface area contributed by atoms with Crippen LogP contribution in [0.5, 0.6) is 0 Å². The summed E-state index contributed by atoms with van der Waals surface area (Å²) >= 11 is 0. The number of rotatable bonds is 41. The van der Waals surface area contributed by atoms with Crippen LogP contribution in [0.4, 0.5) is 0 Å². The Balaban J connectivity index is 4.04. The van der Waals surface area contributed by atoms with E-state index in [-0.39, 0.29) is 25.2 Å². The van der Waals surface area contributed by atoms with Gasteiger partial charge in [0.2, 0.25) is 0 Å². The molecular weight excluding hydrogens is 645 g/mol. The minimum atomic E-state index is -0.538. The third kappa shape index (κ3) is 40.9. The number of allylic oxidation sites excluding steroid dienone is 6. The van der Waals surface area contributed by atoms with Gasteiger partial charge in [-0.05, 0) is 51.4 Å². The van der Waals surface area contributed by atoms with Crippen molar-refractivity contribution in [2.24, 2.45) is 0 Å². The summed E-state index contributed by atoms with van der Waals surface area (Å²) in [5, 5.41) is 0. The predicted octanol–water partition coefficient (Wildman–Crippen LogP) is 14.7. The number of ether oxygens (including phenoxy) is 3. The van der Waals surface area contributed by atoms with Crippen molar-refractivity contribution >= 4 is 11.9 Å². The molecular formula is C47H86O5. The summed E-state index contributed by atoms with van der Waals surface area (Å²) in [5.74, 6) is -0.437. The van der Waals surface area contributed by atoms with Gasteiger partial charge in [0.25, 0.3) is 0 Å². The van der Waals surface area contributed by atoms with E-state index in [1.54, 1.807) is 0 Å². The molecule has 0 saturated heterocycles. The lowest BCUT2D eigenvalue weighted by molar-refractivity contribution is -0.163. The molecule has 0 aromatic carbocycles. The maximum absolute atomic E-state index is 12.5. The number of carbonyl (C=O) groups is 2. The van der Waals surface area contributed by atoms with E-state index in [9.17, 15) is 9.59 Å². The second-order valence-corrected chi connectivity index (χ2v) is 14.9. The third-order valence-electron chi connectivity index (χ3n) is 9.69. The summed E-state index contributed by atoms with van der Waals surface area (Å²) in [5.41, 5.74) is 0. The van der Waals surface area contributed by atoms with E-state index in [0.29, 0.717) is 19.4 Å². The SMILES string of the molecule is CC/C=C\C/C=C\C/C=C\CCCCCC(=O)OCC(COCCCCCCCCCCCCCCCCCCCC)OC(=O)CCCCCCC. The largest absolute Gasteiger partial charge is 0.462 e. The maximum atomic E-state index is 12.5. The first-order valence-corrected chi connectivity index (χ1v) is 22.5. The van der Waals surface area contributed by atoms with Crippen LogP contribution < -0.4 is 0 Å². The van der Waals surface area contributed by atoms with Crippen LogP contribution in [0.25, 0.3) is 0 Å². The average molecular weight is 731 g/mol. The molecule has 0 aromatic heterocycles. The van der Waals surface area contributed by atoms with Gasteiger partial charge in [-0.1, -0.05) is 198 Å². The normalized spacial score (nSPS) is 12.4. The molecule has 0 spiro atoms. The van der Waals surface area contributed by atoms with Crippen molar-refractivity contribution in [3.63, 3.8) is 0 Å². The molecule has 0 heterocycles. The summed E-state index contributed by atoms with van der Waals surface area (Å²) in [6.07, 6.45) is 50.3. The molecule has 0 aliphatic rings. The van der Waals surface area contributed by atoms with Crippen LogP contribution in [0.3, 0.4) is 0 Å². The lowest BCUT2D eigenvalue weighted by Gasteiger charge is -2.18. The number of esters is 2. The minimum Gasteiger partial charge on any atom is -0.462 e. The molecule has 52 heavy (non-hydrogen) atoms. The highest BCUT2D eigenvalue weighted by Gasteiger charge is 2.17. The first-order valence-electron chi connectivity index (χ1n) is 22.5. The van der Waals surface area contributed by atoms with Gasteiger partial charge in [0.15, 0.2) is 6.10 Å². The van der Waals surface area contributed by atoms with Crippen molar-refractivity contribution in [2.75, 3.05) is 19.8 Å². The van der Waals surface area contributed by atoms with Crippen molar-refractivity contribution in [2.45, 2.75) is 232 Å². The van der Waals surface area contributed by atoms with Crippen LogP contribution >= 0.6 is 0 Å². The molecule has 5 heteroatoms. The topological polar surface area (TPSA) is 61.8 Å². The Labute approximate surface area is 323 Å². The van der Waals surface area contributed by atoms with Crippen LogP contribution in [0, 0.1) is 0 Å². The lowest BCUT2D eigenvalue weighted by atomic mass is 10.0. The van der Waals surface area contributed by atoms with Crippen molar-refractivity contribution in [1.82, 2.24) is 0 Å². The maximum Gasteiger partial charge on any atom is 0.306 e. The molecule has 1 unspecified atom stereocenters. The van der Waals surface area contributed by atoms with Crippen LogP contribution in [-0.4, -0.2) is 37.9 Å². The molecule has 1 atom stereocenters. The highest BCUT2D eigenvalue weighted by molar-refractivity contribution is 5.70. The highest BCUT2D eigenvalue weighted by Crippen LogP contribution is 2.15. The van der Waals surface area contributed by atoms with Gasteiger partial charge >= 0.3 is 11.9 Å². The lowest BCUT2D eigenvalue weighted by Crippen LogP contribution is -2.30. The smallest absolute Gasteiger partial charge is 0.306 e. The van der Waals surface area contributed by atoms with Gasteiger partial charge in [0, 0.05) is 19.4 Å². The molecule has 304 valence electrons. The number of carbonyl (C=O) groups excluding carboxylic acids is 2. The van der Waals surface area contributed by atoms with Gasteiger partial charge in [-0.3, -0.25) is 9.59 Å². The number of hydrogen-bond acceptors (Lipinski definition) is 5. The summed E-state index contributed by atoms with van der Waals surface area (Å²) in [4.78, 5) is 25.0. The number of hydrogen-bond donors (Lipinski definition) is 0. The van der Waals surface area contributed by atoms with E-state index >= 15 is 0 Å².